The maximum absolute atomic E-state index is 12.5. The first-order valence-electron chi connectivity index (χ1n) is 8.51. The number of carbonyl (C=O) groups is 1. The number of amides is 1. The Bertz CT molecular complexity index is 918. The van der Waals surface area contributed by atoms with E-state index in [1.54, 1.807) is 25.6 Å². The van der Waals surface area contributed by atoms with Gasteiger partial charge in [0, 0.05) is 48.2 Å². The van der Waals surface area contributed by atoms with Crippen molar-refractivity contribution >= 4 is 5.91 Å². The summed E-state index contributed by atoms with van der Waals surface area (Å²) in [6.45, 7) is 5.28. The number of nitrogens with one attached hydrogen (secondary N) is 1. The molecule has 1 amide bonds. The van der Waals surface area contributed by atoms with Crippen molar-refractivity contribution < 1.29 is 9.53 Å². The van der Waals surface area contributed by atoms with Crippen LogP contribution in [-0.2, 0) is 13.1 Å². The maximum atomic E-state index is 12.5. The van der Waals surface area contributed by atoms with E-state index in [1.165, 1.54) is 0 Å². The number of rotatable bonds is 6. The van der Waals surface area contributed by atoms with Crippen molar-refractivity contribution in [2.75, 3.05) is 7.11 Å². The highest BCUT2D eigenvalue weighted by molar-refractivity contribution is 5.95. The fourth-order valence-electron chi connectivity index (χ4n) is 2.73. The zero-order valence-corrected chi connectivity index (χ0v) is 15.2. The average molecular weight is 350 g/mol. The summed E-state index contributed by atoms with van der Waals surface area (Å²) in [7, 11) is 1.59. The monoisotopic (exact) mass is 350 g/mol. The fourth-order valence-corrected chi connectivity index (χ4v) is 2.73. The maximum Gasteiger partial charge on any atom is 0.251 e. The van der Waals surface area contributed by atoms with E-state index in [0.717, 1.165) is 28.8 Å². The predicted molar refractivity (Wildman–Crippen MR) is 100 cm³/mol. The van der Waals surface area contributed by atoms with E-state index in [9.17, 15) is 4.79 Å². The minimum absolute atomic E-state index is 0.116. The fraction of sp³-hybridized carbons (Fsp3) is 0.250. The van der Waals surface area contributed by atoms with Crippen LogP contribution >= 0.6 is 0 Å². The molecule has 0 aliphatic rings. The summed E-state index contributed by atoms with van der Waals surface area (Å²) in [4.78, 5) is 16.8. The van der Waals surface area contributed by atoms with Crippen molar-refractivity contribution in [2.45, 2.75) is 26.9 Å². The molecule has 0 atom stereocenters. The highest BCUT2D eigenvalue weighted by Gasteiger charge is 2.10. The quantitative estimate of drug-likeness (QED) is 0.741. The van der Waals surface area contributed by atoms with Crippen LogP contribution in [0.4, 0.5) is 0 Å². The lowest BCUT2D eigenvalue weighted by Gasteiger charge is -2.09. The number of aromatic nitrogens is 3. The van der Waals surface area contributed by atoms with Crippen molar-refractivity contribution in [1.82, 2.24) is 20.1 Å². The summed E-state index contributed by atoms with van der Waals surface area (Å²) in [5.41, 5.74) is 4.56. The topological polar surface area (TPSA) is 69.0 Å². The highest BCUT2D eigenvalue weighted by atomic mass is 16.5. The molecule has 0 fully saturated rings. The Morgan fingerprint density at radius 2 is 2.12 bits per heavy atom. The molecule has 2 aromatic heterocycles. The Morgan fingerprint density at radius 1 is 1.27 bits per heavy atom. The van der Waals surface area contributed by atoms with Crippen LogP contribution in [0.1, 0.15) is 28.4 Å². The molecule has 0 radical (unpaired) electrons. The molecule has 6 heteroatoms. The van der Waals surface area contributed by atoms with Gasteiger partial charge in [0.1, 0.15) is 0 Å². The van der Waals surface area contributed by atoms with Gasteiger partial charge in [0.15, 0.2) is 0 Å². The summed E-state index contributed by atoms with van der Waals surface area (Å²) in [6.07, 6.45) is 5.47. The average Bonchev–Trinajstić information content (AvgIpc) is 3.14. The molecule has 1 aromatic carbocycles. The van der Waals surface area contributed by atoms with Crippen molar-refractivity contribution in [1.29, 1.82) is 0 Å². The molecule has 0 unspecified atom stereocenters. The largest absolute Gasteiger partial charge is 0.481 e. The third-order valence-electron chi connectivity index (χ3n) is 4.19. The van der Waals surface area contributed by atoms with Gasteiger partial charge < -0.3 is 10.1 Å². The smallest absolute Gasteiger partial charge is 0.251 e. The van der Waals surface area contributed by atoms with Gasteiger partial charge in [0.05, 0.1) is 13.3 Å². The van der Waals surface area contributed by atoms with Gasteiger partial charge >= 0.3 is 0 Å². The van der Waals surface area contributed by atoms with E-state index in [2.05, 4.69) is 15.4 Å². The van der Waals surface area contributed by atoms with E-state index in [0.29, 0.717) is 18.0 Å². The zero-order chi connectivity index (χ0) is 18.5. The highest BCUT2D eigenvalue weighted by Crippen LogP contribution is 2.25. The molecule has 2 heterocycles. The number of methoxy groups -OCH3 is 1. The van der Waals surface area contributed by atoms with Crippen LogP contribution in [0.25, 0.3) is 11.1 Å². The number of ether oxygens (including phenoxy) is 1. The molecule has 0 aliphatic heterocycles. The van der Waals surface area contributed by atoms with Crippen LogP contribution in [0.3, 0.4) is 0 Å². The normalized spacial score (nSPS) is 10.6. The van der Waals surface area contributed by atoms with Crippen molar-refractivity contribution in [3.8, 4) is 17.0 Å². The van der Waals surface area contributed by atoms with E-state index in [-0.39, 0.29) is 5.91 Å². The lowest BCUT2D eigenvalue weighted by molar-refractivity contribution is 0.0951. The molecule has 6 nitrogen and oxygen atoms in total. The molecular formula is C20H22N4O2. The first kappa shape index (κ1) is 17.7. The molecule has 0 spiro atoms. The predicted octanol–water partition coefficient (Wildman–Crippen LogP) is 3.21. The zero-order valence-electron chi connectivity index (χ0n) is 15.2. The standard InChI is InChI=1S/C20H22N4O2/c1-4-24-13-15(11-23-24)10-22-20(25)17-7-5-6-16(9-17)18-12-21-19(26-3)8-14(18)2/h5-9,11-13H,4,10H2,1-3H3,(H,22,25). The number of pyridine rings is 1. The first-order valence-corrected chi connectivity index (χ1v) is 8.51. The van der Waals surface area contributed by atoms with Gasteiger partial charge in [-0.15, -0.1) is 0 Å². The van der Waals surface area contributed by atoms with Gasteiger partial charge in [-0.05, 0) is 37.1 Å². The minimum Gasteiger partial charge on any atom is -0.481 e. The van der Waals surface area contributed by atoms with E-state index >= 15 is 0 Å². The second kappa shape index (κ2) is 7.82. The molecule has 3 rings (SSSR count). The van der Waals surface area contributed by atoms with Crippen molar-refractivity contribution in [3.05, 3.63) is 65.6 Å². The van der Waals surface area contributed by atoms with E-state index < -0.39 is 0 Å². The Hall–Kier alpha value is -3.15. The first-order chi connectivity index (χ1) is 12.6. The minimum atomic E-state index is -0.116. The summed E-state index contributed by atoms with van der Waals surface area (Å²) < 4.78 is 6.98. The van der Waals surface area contributed by atoms with Gasteiger partial charge in [0.25, 0.3) is 5.91 Å². The second-order valence-electron chi connectivity index (χ2n) is 6.01. The SMILES string of the molecule is CCn1cc(CNC(=O)c2cccc(-c3cnc(OC)cc3C)c2)cn1. The van der Waals surface area contributed by atoms with Gasteiger partial charge in [0.2, 0.25) is 5.88 Å². The van der Waals surface area contributed by atoms with Gasteiger partial charge in [-0.25, -0.2) is 4.98 Å². The third-order valence-corrected chi connectivity index (χ3v) is 4.19. The lowest BCUT2D eigenvalue weighted by atomic mass is 10.0. The molecule has 0 bridgehead atoms. The molecule has 0 aliphatic carbocycles. The number of aryl methyl sites for hydroxylation is 2. The molecule has 26 heavy (non-hydrogen) atoms. The van der Waals surface area contributed by atoms with Crippen LogP contribution in [0.2, 0.25) is 0 Å². The molecule has 0 saturated carbocycles. The Balaban J connectivity index is 1.75. The van der Waals surface area contributed by atoms with Crippen LogP contribution in [0, 0.1) is 6.92 Å². The number of nitrogens with zero attached hydrogens (tertiary/aromatic N) is 3. The van der Waals surface area contributed by atoms with Crippen LogP contribution < -0.4 is 10.1 Å². The Labute approximate surface area is 152 Å². The van der Waals surface area contributed by atoms with Crippen LogP contribution in [0.5, 0.6) is 5.88 Å². The number of carbonyl (C=O) groups excluding carboxylic acids is 1. The van der Waals surface area contributed by atoms with Gasteiger partial charge in [-0.3, -0.25) is 9.48 Å². The number of hydrogen-bond donors (Lipinski definition) is 1. The second-order valence-corrected chi connectivity index (χ2v) is 6.01. The van der Waals surface area contributed by atoms with Gasteiger partial charge in [-0.1, -0.05) is 12.1 Å². The van der Waals surface area contributed by atoms with Crippen molar-refractivity contribution in [2.24, 2.45) is 0 Å². The molecule has 134 valence electrons. The number of benzene rings is 1. The Kier molecular flexibility index (Phi) is 5.31. The van der Waals surface area contributed by atoms with Crippen LogP contribution in [0.15, 0.2) is 48.9 Å². The third kappa shape index (κ3) is 3.91. The number of hydrogen-bond acceptors (Lipinski definition) is 4. The Morgan fingerprint density at radius 3 is 2.81 bits per heavy atom. The molecule has 1 N–H and O–H groups in total. The summed E-state index contributed by atoms with van der Waals surface area (Å²) in [5, 5.41) is 7.15. The van der Waals surface area contributed by atoms with Gasteiger partial charge in [-0.2, -0.15) is 5.10 Å². The summed E-state index contributed by atoms with van der Waals surface area (Å²) >= 11 is 0. The molecular weight excluding hydrogens is 328 g/mol. The van der Waals surface area contributed by atoms with Crippen molar-refractivity contribution in [3.63, 3.8) is 0 Å². The molecule has 3 aromatic rings. The van der Waals surface area contributed by atoms with E-state index in [4.69, 9.17) is 4.74 Å². The lowest BCUT2D eigenvalue weighted by Crippen LogP contribution is -2.22. The summed E-state index contributed by atoms with van der Waals surface area (Å²) in [5.74, 6) is 0.461. The molecule has 0 saturated heterocycles. The summed E-state index contributed by atoms with van der Waals surface area (Å²) in [6, 6.07) is 9.41. The van der Waals surface area contributed by atoms with Crippen LogP contribution in [-0.4, -0.2) is 27.8 Å². The van der Waals surface area contributed by atoms with E-state index in [1.807, 2.05) is 49.0 Å².